The maximum Gasteiger partial charge on any atom is 0.305 e. The number of ether oxygens (including phenoxy) is 1. The molecule has 0 aliphatic carbocycles. The van der Waals surface area contributed by atoms with Gasteiger partial charge in [0.25, 0.3) is 0 Å². The molecule has 0 radical (unpaired) electrons. The molecule has 1 amide bonds. The summed E-state index contributed by atoms with van der Waals surface area (Å²) in [5.41, 5.74) is 0. The molecule has 0 bridgehead atoms. The largest absolute Gasteiger partial charge is 0.466 e. The smallest absolute Gasteiger partial charge is 0.305 e. The summed E-state index contributed by atoms with van der Waals surface area (Å²) in [6.45, 7) is 4.93. The van der Waals surface area contributed by atoms with Crippen LogP contribution in [0.25, 0.3) is 0 Å². The van der Waals surface area contributed by atoms with Gasteiger partial charge in [-0.3, -0.25) is 9.59 Å². The monoisotopic (exact) mass is 1210 g/mol. The van der Waals surface area contributed by atoms with Gasteiger partial charge in [0.15, 0.2) is 0 Å². The summed E-state index contributed by atoms with van der Waals surface area (Å²) in [6.07, 6.45) is 99.3. The number of nitrogens with one attached hydrogen (secondary N) is 1. The van der Waals surface area contributed by atoms with Crippen LogP contribution in [0.3, 0.4) is 0 Å². The Balaban J connectivity index is 3.44. The molecule has 0 aromatic carbocycles. The zero-order valence-corrected chi connectivity index (χ0v) is 58.1. The van der Waals surface area contributed by atoms with Crippen LogP contribution in [0, 0.1) is 0 Å². The number of allylic oxidation sites excluding steroid dienone is 7. The molecule has 86 heavy (non-hydrogen) atoms. The average molecular weight is 1210 g/mol. The Morgan fingerprint density at radius 3 is 0.895 bits per heavy atom. The van der Waals surface area contributed by atoms with E-state index in [1.54, 1.807) is 6.08 Å². The molecule has 0 rings (SSSR count). The SMILES string of the molecule is CCCCCCCC/C=C\CCCCCCCCCC(=O)OCCCCCCCCCCC/C=C\C/C=C\CCCCCCCCCCCCCC(=O)NC(CO)C(O)/C=C/CCCCCCCCCCCCCCCCCCCCCCCCC. The van der Waals surface area contributed by atoms with E-state index in [1.165, 1.54) is 347 Å². The highest BCUT2D eigenvalue weighted by Gasteiger charge is 2.18. The van der Waals surface area contributed by atoms with Crippen LogP contribution in [0.2, 0.25) is 0 Å². The van der Waals surface area contributed by atoms with E-state index in [2.05, 4.69) is 55.6 Å². The van der Waals surface area contributed by atoms with Gasteiger partial charge in [0, 0.05) is 12.8 Å². The number of rotatable bonds is 73. The number of hydrogen-bond acceptors (Lipinski definition) is 5. The third kappa shape index (κ3) is 70.9. The van der Waals surface area contributed by atoms with Crippen LogP contribution in [0.4, 0.5) is 0 Å². The molecule has 3 N–H and O–H groups in total. The molecular formula is C80H151NO5. The van der Waals surface area contributed by atoms with E-state index in [1.807, 2.05) is 6.08 Å². The van der Waals surface area contributed by atoms with Gasteiger partial charge in [0.1, 0.15) is 0 Å². The second-order valence-corrected chi connectivity index (χ2v) is 26.7. The second-order valence-electron chi connectivity index (χ2n) is 26.7. The van der Waals surface area contributed by atoms with Crippen molar-refractivity contribution in [3.05, 3.63) is 48.6 Å². The number of aliphatic hydroxyl groups excluding tert-OH is 2. The molecule has 0 saturated carbocycles. The predicted molar refractivity (Wildman–Crippen MR) is 379 cm³/mol. The van der Waals surface area contributed by atoms with Crippen molar-refractivity contribution >= 4 is 11.9 Å². The second kappa shape index (κ2) is 75.3. The minimum absolute atomic E-state index is 0.00748. The van der Waals surface area contributed by atoms with Gasteiger partial charge in [-0.1, -0.05) is 371 Å². The van der Waals surface area contributed by atoms with Crippen LogP contribution in [-0.2, 0) is 14.3 Å². The normalized spacial score (nSPS) is 12.7. The van der Waals surface area contributed by atoms with Gasteiger partial charge < -0.3 is 20.3 Å². The van der Waals surface area contributed by atoms with Gasteiger partial charge in [-0.2, -0.15) is 0 Å². The summed E-state index contributed by atoms with van der Waals surface area (Å²) < 4.78 is 5.50. The van der Waals surface area contributed by atoms with E-state index in [4.69, 9.17) is 4.74 Å². The molecule has 506 valence electrons. The molecule has 6 nitrogen and oxygen atoms in total. The van der Waals surface area contributed by atoms with Crippen molar-refractivity contribution in [3.63, 3.8) is 0 Å². The number of carbonyl (C=O) groups excluding carboxylic acids is 2. The van der Waals surface area contributed by atoms with Crippen LogP contribution in [0.15, 0.2) is 48.6 Å². The molecule has 0 spiro atoms. The minimum Gasteiger partial charge on any atom is -0.466 e. The van der Waals surface area contributed by atoms with Crippen molar-refractivity contribution in [1.82, 2.24) is 5.32 Å². The number of aliphatic hydroxyl groups is 2. The Morgan fingerprint density at radius 2 is 0.581 bits per heavy atom. The van der Waals surface area contributed by atoms with E-state index >= 15 is 0 Å². The summed E-state index contributed by atoms with van der Waals surface area (Å²) in [5.74, 6) is -0.0594. The van der Waals surface area contributed by atoms with Crippen molar-refractivity contribution < 1.29 is 24.5 Å². The standard InChI is InChI=1S/C80H151NO5/c1-3-5-7-9-11-13-15-17-19-21-22-23-24-28-31-34-37-41-44-48-52-56-60-64-68-72-78(83)77(76-82)81-79(84)73-69-65-61-57-53-49-45-42-38-35-32-29-26-25-27-30-33-36-39-43-47-51-55-59-63-67-71-75-86-80(85)74-70-66-62-58-54-50-46-40-20-18-16-14-12-10-8-6-4-2/h18,20,25-26,30,33,68,72,77-78,82-83H,3-17,19,21-24,27-29,31-32,34-67,69-71,73-76H2,1-2H3,(H,81,84)/b20-18-,26-25-,33-30-,72-68+. The third-order valence-corrected chi connectivity index (χ3v) is 18.1. The molecule has 0 aromatic heterocycles. The van der Waals surface area contributed by atoms with Crippen molar-refractivity contribution in [3.8, 4) is 0 Å². The van der Waals surface area contributed by atoms with Gasteiger partial charge in [-0.15, -0.1) is 0 Å². The molecule has 0 heterocycles. The molecule has 6 heteroatoms. The maximum absolute atomic E-state index is 12.6. The number of amides is 1. The van der Waals surface area contributed by atoms with E-state index in [-0.39, 0.29) is 18.5 Å². The van der Waals surface area contributed by atoms with Crippen LogP contribution in [0.5, 0.6) is 0 Å². The molecule has 0 saturated heterocycles. The average Bonchev–Trinajstić information content (AvgIpc) is 3.54. The van der Waals surface area contributed by atoms with Crippen LogP contribution < -0.4 is 5.32 Å². The fraction of sp³-hybridized carbons (Fsp3) is 0.875. The Bertz CT molecular complexity index is 1440. The van der Waals surface area contributed by atoms with Gasteiger partial charge in [-0.05, 0) is 89.9 Å². The molecule has 2 unspecified atom stereocenters. The van der Waals surface area contributed by atoms with E-state index in [9.17, 15) is 19.8 Å². The predicted octanol–water partition coefficient (Wildman–Crippen LogP) is 25.6. The summed E-state index contributed by atoms with van der Waals surface area (Å²) in [6, 6.07) is -0.633. The topological polar surface area (TPSA) is 95.9 Å². The lowest BCUT2D eigenvalue weighted by Crippen LogP contribution is -2.45. The highest BCUT2D eigenvalue weighted by atomic mass is 16.5. The van der Waals surface area contributed by atoms with Crippen molar-refractivity contribution in [2.45, 2.75) is 437 Å². The van der Waals surface area contributed by atoms with Crippen LogP contribution in [-0.4, -0.2) is 47.4 Å². The number of hydrogen-bond donors (Lipinski definition) is 3. The van der Waals surface area contributed by atoms with Gasteiger partial charge in [-0.25, -0.2) is 0 Å². The molecule has 0 fully saturated rings. The highest BCUT2D eigenvalue weighted by molar-refractivity contribution is 5.76. The van der Waals surface area contributed by atoms with Crippen molar-refractivity contribution in [1.29, 1.82) is 0 Å². The van der Waals surface area contributed by atoms with E-state index < -0.39 is 12.1 Å². The lowest BCUT2D eigenvalue weighted by Gasteiger charge is -2.20. The van der Waals surface area contributed by atoms with Crippen molar-refractivity contribution in [2.24, 2.45) is 0 Å². The fourth-order valence-electron chi connectivity index (χ4n) is 12.1. The molecule has 0 aliphatic heterocycles. The van der Waals surface area contributed by atoms with Gasteiger partial charge in [0.05, 0.1) is 25.4 Å². The summed E-state index contributed by atoms with van der Waals surface area (Å²) >= 11 is 0. The van der Waals surface area contributed by atoms with Gasteiger partial charge in [0.2, 0.25) is 5.91 Å². The summed E-state index contributed by atoms with van der Waals surface area (Å²) in [4.78, 5) is 24.7. The number of unbranched alkanes of at least 4 members (excludes halogenated alkanes) is 56. The first-order valence-electron chi connectivity index (χ1n) is 38.9. The first-order valence-corrected chi connectivity index (χ1v) is 38.9. The van der Waals surface area contributed by atoms with E-state index in [0.29, 0.717) is 19.4 Å². The number of esters is 1. The fourth-order valence-corrected chi connectivity index (χ4v) is 12.1. The first-order chi connectivity index (χ1) is 42.5. The maximum atomic E-state index is 12.6. The Hall–Kier alpha value is -2.18. The first kappa shape index (κ1) is 83.8. The molecule has 2 atom stereocenters. The quantitative estimate of drug-likeness (QED) is 0.0320. The Morgan fingerprint density at radius 1 is 0.326 bits per heavy atom. The lowest BCUT2D eigenvalue weighted by molar-refractivity contribution is -0.143. The number of carbonyl (C=O) groups is 2. The van der Waals surface area contributed by atoms with Crippen LogP contribution >= 0.6 is 0 Å². The summed E-state index contributed by atoms with van der Waals surface area (Å²) in [5, 5.41) is 23.3. The molecule has 0 aromatic rings. The van der Waals surface area contributed by atoms with Gasteiger partial charge >= 0.3 is 5.97 Å². The zero-order valence-electron chi connectivity index (χ0n) is 58.1. The molecular weight excluding hydrogens is 1050 g/mol. The lowest BCUT2D eigenvalue weighted by atomic mass is 10.0. The zero-order chi connectivity index (χ0) is 62.0. The van der Waals surface area contributed by atoms with Crippen molar-refractivity contribution in [2.75, 3.05) is 13.2 Å². The van der Waals surface area contributed by atoms with E-state index in [0.717, 1.165) is 51.4 Å². The Labute approximate surface area is 537 Å². The summed E-state index contributed by atoms with van der Waals surface area (Å²) in [7, 11) is 0. The third-order valence-electron chi connectivity index (χ3n) is 18.1. The Kier molecular flexibility index (Phi) is 73.4. The van der Waals surface area contributed by atoms with Crippen LogP contribution in [0.1, 0.15) is 425 Å². The minimum atomic E-state index is -0.849. The molecule has 0 aliphatic rings. The highest BCUT2D eigenvalue weighted by Crippen LogP contribution is 2.19.